The number of amides is 2. The molecule has 1 aromatic rings. The topological polar surface area (TPSA) is 58.4 Å². The molecule has 25 heavy (non-hydrogen) atoms. The van der Waals surface area contributed by atoms with Gasteiger partial charge in [-0.3, -0.25) is 9.59 Å². The van der Waals surface area contributed by atoms with Gasteiger partial charge < -0.3 is 14.4 Å². The molecule has 0 aromatic carbocycles. The lowest BCUT2D eigenvalue weighted by atomic mass is 9.95. The van der Waals surface area contributed by atoms with Crippen molar-refractivity contribution in [1.82, 2.24) is 19.4 Å². The number of fused-ring (bicyclic) bond motifs is 1. The van der Waals surface area contributed by atoms with Crippen LogP contribution in [0.5, 0.6) is 0 Å². The van der Waals surface area contributed by atoms with E-state index in [0.29, 0.717) is 12.2 Å². The average Bonchev–Trinajstić information content (AvgIpc) is 3.29. The Labute approximate surface area is 150 Å². The first-order chi connectivity index (χ1) is 12.1. The van der Waals surface area contributed by atoms with Gasteiger partial charge in [-0.2, -0.15) is 0 Å². The van der Waals surface area contributed by atoms with E-state index in [1.807, 2.05) is 16.5 Å². The maximum atomic E-state index is 12.7. The Morgan fingerprint density at radius 1 is 1.28 bits per heavy atom. The van der Waals surface area contributed by atoms with E-state index in [2.05, 4.69) is 11.9 Å². The Bertz CT molecular complexity index is 619. The molecule has 3 rings (SSSR count). The maximum absolute atomic E-state index is 12.7. The predicted octanol–water partition coefficient (Wildman–Crippen LogP) is 2.33. The molecule has 1 fully saturated rings. The van der Waals surface area contributed by atoms with Gasteiger partial charge in [0, 0.05) is 33.2 Å². The number of likely N-dealkylation sites (tertiary alicyclic amines) is 1. The third-order valence-corrected chi connectivity index (χ3v) is 5.51. The highest BCUT2D eigenvalue weighted by molar-refractivity contribution is 5.93. The van der Waals surface area contributed by atoms with Crippen LogP contribution in [-0.2, 0) is 17.8 Å². The predicted molar refractivity (Wildman–Crippen MR) is 96.3 cm³/mol. The number of carbonyl (C=O) groups excluding carboxylic acids is 2. The summed E-state index contributed by atoms with van der Waals surface area (Å²) in [5, 5.41) is 0. The van der Waals surface area contributed by atoms with Crippen LogP contribution in [0.3, 0.4) is 0 Å². The largest absolute Gasteiger partial charge is 0.342 e. The summed E-state index contributed by atoms with van der Waals surface area (Å²) in [5.74, 6) is 0.320. The molecular formula is C19H30N4O2. The van der Waals surface area contributed by atoms with Crippen molar-refractivity contribution in [3.63, 3.8) is 0 Å². The molecule has 0 spiro atoms. The minimum Gasteiger partial charge on any atom is -0.342 e. The van der Waals surface area contributed by atoms with E-state index in [4.69, 9.17) is 0 Å². The smallest absolute Gasteiger partial charge is 0.274 e. The van der Waals surface area contributed by atoms with Crippen LogP contribution >= 0.6 is 0 Å². The number of carbonyl (C=O) groups is 2. The van der Waals surface area contributed by atoms with Crippen LogP contribution < -0.4 is 0 Å². The summed E-state index contributed by atoms with van der Waals surface area (Å²) in [4.78, 5) is 33.5. The molecular weight excluding hydrogens is 316 g/mol. The lowest BCUT2D eigenvalue weighted by molar-refractivity contribution is -0.135. The molecule has 2 aliphatic rings. The summed E-state index contributed by atoms with van der Waals surface area (Å²) in [5.41, 5.74) is 1.57. The van der Waals surface area contributed by atoms with Gasteiger partial charge in [0.1, 0.15) is 5.69 Å². The molecule has 2 amide bonds. The van der Waals surface area contributed by atoms with Crippen molar-refractivity contribution in [2.24, 2.45) is 5.92 Å². The minimum atomic E-state index is 0.00849. The van der Waals surface area contributed by atoms with Gasteiger partial charge in [0.25, 0.3) is 5.91 Å². The van der Waals surface area contributed by atoms with Gasteiger partial charge in [0.15, 0.2) is 0 Å². The number of unbranched alkanes of at least 4 members (excludes halogenated alkanes) is 2. The fourth-order valence-electron chi connectivity index (χ4n) is 3.92. The number of nitrogens with zero attached hydrogens (tertiary/aromatic N) is 4. The fraction of sp³-hybridized carbons (Fsp3) is 0.737. The Morgan fingerprint density at radius 3 is 2.76 bits per heavy atom. The number of rotatable bonds is 6. The van der Waals surface area contributed by atoms with Crippen LogP contribution in [0.4, 0.5) is 0 Å². The van der Waals surface area contributed by atoms with Crippen LogP contribution in [0, 0.1) is 5.92 Å². The second kappa shape index (κ2) is 8.02. The fourth-order valence-corrected chi connectivity index (χ4v) is 3.92. The quantitative estimate of drug-likeness (QED) is 0.743. The van der Waals surface area contributed by atoms with Gasteiger partial charge in [0.05, 0.1) is 17.9 Å². The highest BCUT2D eigenvalue weighted by atomic mass is 16.2. The molecule has 2 aliphatic heterocycles. The summed E-state index contributed by atoms with van der Waals surface area (Å²) >= 11 is 0. The number of hydrogen-bond donors (Lipinski definition) is 0. The molecule has 6 nitrogen and oxygen atoms in total. The Morgan fingerprint density at radius 2 is 2.04 bits per heavy atom. The first-order valence-electron chi connectivity index (χ1n) is 9.70. The summed E-state index contributed by atoms with van der Waals surface area (Å²) in [7, 11) is 1.85. The van der Waals surface area contributed by atoms with Gasteiger partial charge in [-0.25, -0.2) is 4.98 Å². The standard InChI is InChI=1S/C19H30N4O2/c1-3-4-5-10-21(2)19(25)17-16-9-8-15(13-23(16)14-20-17)18(24)22-11-6-7-12-22/h14-15H,3-13H2,1-2H3. The highest BCUT2D eigenvalue weighted by Gasteiger charge is 2.32. The van der Waals surface area contributed by atoms with Crippen molar-refractivity contribution in [2.75, 3.05) is 26.7 Å². The Hall–Kier alpha value is -1.85. The Balaban J connectivity index is 1.63. The monoisotopic (exact) mass is 346 g/mol. The van der Waals surface area contributed by atoms with Gasteiger partial charge in [0.2, 0.25) is 5.91 Å². The average molecular weight is 346 g/mol. The van der Waals surface area contributed by atoms with E-state index >= 15 is 0 Å². The van der Waals surface area contributed by atoms with E-state index in [-0.39, 0.29) is 17.7 Å². The van der Waals surface area contributed by atoms with E-state index in [1.54, 1.807) is 11.2 Å². The van der Waals surface area contributed by atoms with Crippen LogP contribution in [0.25, 0.3) is 0 Å². The van der Waals surface area contributed by atoms with Crippen LogP contribution in [0.1, 0.15) is 61.6 Å². The maximum Gasteiger partial charge on any atom is 0.274 e. The molecule has 0 N–H and O–H groups in total. The molecule has 0 aliphatic carbocycles. The molecule has 0 bridgehead atoms. The van der Waals surface area contributed by atoms with E-state index in [1.165, 1.54) is 0 Å². The van der Waals surface area contributed by atoms with Crippen molar-refractivity contribution in [3.8, 4) is 0 Å². The molecule has 3 heterocycles. The van der Waals surface area contributed by atoms with Crippen molar-refractivity contribution in [2.45, 2.75) is 58.4 Å². The molecule has 0 saturated carbocycles. The third-order valence-electron chi connectivity index (χ3n) is 5.51. The van der Waals surface area contributed by atoms with Gasteiger partial charge in [-0.15, -0.1) is 0 Å². The van der Waals surface area contributed by atoms with Gasteiger partial charge in [-0.05, 0) is 32.1 Å². The normalized spacial score (nSPS) is 19.8. The molecule has 1 unspecified atom stereocenters. The summed E-state index contributed by atoms with van der Waals surface area (Å²) in [6, 6.07) is 0. The summed E-state index contributed by atoms with van der Waals surface area (Å²) in [6.45, 7) is 5.39. The van der Waals surface area contributed by atoms with Gasteiger partial charge >= 0.3 is 0 Å². The van der Waals surface area contributed by atoms with Crippen LogP contribution in [0.2, 0.25) is 0 Å². The first-order valence-corrected chi connectivity index (χ1v) is 9.70. The Kier molecular flexibility index (Phi) is 5.76. The number of imidazole rings is 1. The second-order valence-electron chi connectivity index (χ2n) is 7.39. The van der Waals surface area contributed by atoms with E-state index in [0.717, 1.165) is 70.3 Å². The summed E-state index contributed by atoms with van der Waals surface area (Å²) in [6.07, 6.45) is 8.88. The van der Waals surface area contributed by atoms with Crippen LogP contribution in [0.15, 0.2) is 6.33 Å². The summed E-state index contributed by atoms with van der Waals surface area (Å²) < 4.78 is 2.02. The third kappa shape index (κ3) is 3.88. The lowest BCUT2D eigenvalue weighted by Crippen LogP contribution is -2.38. The zero-order chi connectivity index (χ0) is 17.8. The number of hydrogen-bond acceptors (Lipinski definition) is 3. The van der Waals surface area contributed by atoms with E-state index < -0.39 is 0 Å². The van der Waals surface area contributed by atoms with Crippen LogP contribution in [-0.4, -0.2) is 57.8 Å². The zero-order valence-corrected chi connectivity index (χ0v) is 15.5. The molecule has 6 heteroatoms. The zero-order valence-electron chi connectivity index (χ0n) is 15.5. The van der Waals surface area contributed by atoms with E-state index in [9.17, 15) is 9.59 Å². The second-order valence-corrected chi connectivity index (χ2v) is 7.39. The highest BCUT2D eigenvalue weighted by Crippen LogP contribution is 2.26. The van der Waals surface area contributed by atoms with Crippen molar-refractivity contribution in [3.05, 3.63) is 17.7 Å². The lowest BCUT2D eigenvalue weighted by Gasteiger charge is -2.28. The molecule has 0 radical (unpaired) electrons. The minimum absolute atomic E-state index is 0.00849. The molecule has 1 saturated heterocycles. The van der Waals surface area contributed by atoms with Crippen molar-refractivity contribution in [1.29, 1.82) is 0 Å². The molecule has 1 atom stereocenters. The number of aromatic nitrogens is 2. The SMILES string of the molecule is CCCCCN(C)C(=O)c1ncn2c1CCC(C(=O)N1CCCC1)C2. The van der Waals surface area contributed by atoms with Crippen molar-refractivity contribution >= 4 is 11.8 Å². The molecule has 1 aromatic heterocycles. The molecule has 138 valence electrons. The first kappa shape index (κ1) is 18.0. The van der Waals surface area contributed by atoms with Crippen molar-refractivity contribution < 1.29 is 9.59 Å². The van der Waals surface area contributed by atoms with Gasteiger partial charge in [-0.1, -0.05) is 19.8 Å².